The Morgan fingerprint density at radius 1 is 1.50 bits per heavy atom. The number of aromatic nitrogens is 2. The molecule has 0 spiro atoms. The van der Waals surface area contributed by atoms with Gasteiger partial charge in [-0.25, -0.2) is 9.59 Å². The topological polar surface area (TPSA) is 75.1 Å². The zero-order valence-corrected chi connectivity index (χ0v) is 10.0. The monoisotopic (exact) mass is 246 g/mol. The molecule has 1 atom stereocenters. The average Bonchev–Trinajstić information content (AvgIpc) is 3.10. The number of imidazole rings is 1. The van der Waals surface area contributed by atoms with Crippen molar-refractivity contribution in [3.05, 3.63) is 34.2 Å². The molecule has 1 fully saturated rings. The Bertz CT molecular complexity index is 679. The number of benzene rings is 1. The van der Waals surface area contributed by atoms with Gasteiger partial charge in [0.2, 0.25) is 0 Å². The number of aromatic carboxylic acids is 1. The number of hydrogen-bond acceptors (Lipinski definition) is 2. The second-order valence-electron chi connectivity index (χ2n) is 4.89. The first-order valence-electron chi connectivity index (χ1n) is 6.06. The van der Waals surface area contributed by atoms with E-state index in [9.17, 15) is 14.7 Å². The third-order valence-electron chi connectivity index (χ3n) is 3.68. The van der Waals surface area contributed by atoms with Crippen molar-refractivity contribution in [3.8, 4) is 0 Å². The van der Waals surface area contributed by atoms with Gasteiger partial charge in [0.25, 0.3) is 0 Å². The molecule has 0 aliphatic heterocycles. The second-order valence-corrected chi connectivity index (χ2v) is 4.89. The van der Waals surface area contributed by atoms with E-state index in [1.165, 1.54) is 6.07 Å². The quantitative estimate of drug-likeness (QED) is 0.869. The van der Waals surface area contributed by atoms with Crippen LogP contribution in [0, 0.1) is 5.92 Å². The van der Waals surface area contributed by atoms with Crippen molar-refractivity contribution in [1.82, 2.24) is 9.55 Å². The van der Waals surface area contributed by atoms with Crippen LogP contribution < -0.4 is 5.69 Å². The van der Waals surface area contributed by atoms with E-state index in [1.54, 1.807) is 16.7 Å². The summed E-state index contributed by atoms with van der Waals surface area (Å²) in [7, 11) is 0. The Labute approximate surface area is 103 Å². The smallest absolute Gasteiger partial charge is 0.337 e. The number of nitrogens with one attached hydrogen (secondary N) is 1. The summed E-state index contributed by atoms with van der Waals surface area (Å²) in [6.07, 6.45) is 2.21. The minimum Gasteiger partial charge on any atom is -0.478 e. The predicted octanol–water partition coefficient (Wildman–Crippen LogP) is 2.00. The minimum atomic E-state index is -1.00. The summed E-state index contributed by atoms with van der Waals surface area (Å²) >= 11 is 0. The molecule has 5 nitrogen and oxygen atoms in total. The van der Waals surface area contributed by atoms with Crippen LogP contribution in [0.2, 0.25) is 0 Å². The van der Waals surface area contributed by atoms with E-state index < -0.39 is 5.97 Å². The van der Waals surface area contributed by atoms with Crippen molar-refractivity contribution in [2.24, 2.45) is 5.92 Å². The highest BCUT2D eigenvalue weighted by Crippen LogP contribution is 2.40. The number of rotatable bonds is 3. The maximum atomic E-state index is 12.0. The molecule has 1 aromatic heterocycles. The molecule has 1 heterocycles. The van der Waals surface area contributed by atoms with Crippen molar-refractivity contribution >= 4 is 17.0 Å². The largest absolute Gasteiger partial charge is 0.478 e. The zero-order chi connectivity index (χ0) is 12.9. The number of aromatic amines is 1. The fourth-order valence-electron chi connectivity index (χ4n) is 2.53. The first-order chi connectivity index (χ1) is 8.59. The number of para-hydroxylation sites is 1. The molecule has 2 aromatic rings. The van der Waals surface area contributed by atoms with Crippen LogP contribution in [-0.2, 0) is 0 Å². The first kappa shape index (κ1) is 11.1. The molecule has 1 aromatic carbocycles. The minimum absolute atomic E-state index is 0.0479. The van der Waals surface area contributed by atoms with Crippen LogP contribution in [0.15, 0.2) is 23.0 Å². The van der Waals surface area contributed by atoms with E-state index in [4.69, 9.17) is 0 Å². The number of carboxylic acids is 1. The van der Waals surface area contributed by atoms with Gasteiger partial charge >= 0.3 is 11.7 Å². The average molecular weight is 246 g/mol. The number of fused-ring (bicyclic) bond motifs is 1. The molecule has 18 heavy (non-hydrogen) atoms. The van der Waals surface area contributed by atoms with Crippen LogP contribution in [0.3, 0.4) is 0 Å². The Hall–Kier alpha value is -2.04. The summed E-state index contributed by atoms with van der Waals surface area (Å²) in [5.74, 6) is -0.514. The van der Waals surface area contributed by atoms with Gasteiger partial charge in [0.05, 0.1) is 16.6 Å². The zero-order valence-electron chi connectivity index (χ0n) is 10.0. The molecule has 0 saturated heterocycles. The van der Waals surface area contributed by atoms with Crippen molar-refractivity contribution in [3.63, 3.8) is 0 Å². The molecule has 94 valence electrons. The van der Waals surface area contributed by atoms with Gasteiger partial charge in [-0.2, -0.15) is 0 Å². The molecule has 2 N–H and O–H groups in total. The lowest BCUT2D eigenvalue weighted by Gasteiger charge is -2.13. The summed E-state index contributed by atoms with van der Waals surface area (Å²) in [4.78, 5) is 26.0. The third kappa shape index (κ3) is 1.54. The normalized spacial score (nSPS) is 16.9. The lowest BCUT2D eigenvalue weighted by atomic mass is 10.1. The Morgan fingerprint density at radius 2 is 2.22 bits per heavy atom. The number of carbonyl (C=O) groups is 1. The van der Waals surface area contributed by atoms with Gasteiger partial charge in [0.1, 0.15) is 0 Å². The highest BCUT2D eigenvalue weighted by Gasteiger charge is 2.31. The second kappa shape index (κ2) is 3.73. The van der Waals surface area contributed by atoms with Gasteiger partial charge < -0.3 is 10.1 Å². The molecular formula is C13H14N2O3. The number of H-pyrrole nitrogens is 1. The highest BCUT2D eigenvalue weighted by atomic mass is 16.4. The summed E-state index contributed by atoms with van der Waals surface area (Å²) in [6.45, 7) is 1.98. The summed E-state index contributed by atoms with van der Waals surface area (Å²) in [6, 6.07) is 4.97. The van der Waals surface area contributed by atoms with Crippen LogP contribution in [0.25, 0.3) is 11.0 Å². The molecular weight excluding hydrogens is 232 g/mol. The van der Waals surface area contributed by atoms with E-state index >= 15 is 0 Å². The van der Waals surface area contributed by atoms with Crippen molar-refractivity contribution in [1.29, 1.82) is 0 Å². The van der Waals surface area contributed by atoms with Gasteiger partial charge in [0.15, 0.2) is 0 Å². The van der Waals surface area contributed by atoms with E-state index in [0.29, 0.717) is 17.0 Å². The van der Waals surface area contributed by atoms with Crippen LogP contribution in [0.4, 0.5) is 0 Å². The molecule has 0 radical (unpaired) electrons. The molecule has 3 rings (SSSR count). The highest BCUT2D eigenvalue weighted by molar-refractivity contribution is 6.01. The summed E-state index contributed by atoms with van der Waals surface area (Å²) < 4.78 is 1.59. The molecule has 0 amide bonds. The van der Waals surface area contributed by atoms with Gasteiger partial charge in [-0.3, -0.25) is 4.57 Å². The molecule has 1 aliphatic rings. The van der Waals surface area contributed by atoms with Crippen LogP contribution in [-0.4, -0.2) is 20.6 Å². The molecule has 1 unspecified atom stereocenters. The lowest BCUT2D eigenvalue weighted by Crippen LogP contribution is -2.22. The SMILES string of the molecule is CC(C1CC1)n1c(=O)[nH]c2cccc(C(=O)O)c21. The van der Waals surface area contributed by atoms with E-state index in [-0.39, 0.29) is 17.3 Å². The first-order valence-corrected chi connectivity index (χ1v) is 6.06. The maximum Gasteiger partial charge on any atom is 0.337 e. The lowest BCUT2D eigenvalue weighted by molar-refractivity contribution is 0.0698. The van der Waals surface area contributed by atoms with Crippen molar-refractivity contribution in [2.75, 3.05) is 0 Å². The summed E-state index contributed by atoms with van der Waals surface area (Å²) in [5, 5.41) is 9.22. The molecule has 1 aliphatic carbocycles. The fourth-order valence-corrected chi connectivity index (χ4v) is 2.53. The maximum absolute atomic E-state index is 12.0. The van der Waals surface area contributed by atoms with Gasteiger partial charge in [-0.15, -0.1) is 0 Å². The predicted molar refractivity (Wildman–Crippen MR) is 67.0 cm³/mol. The summed E-state index contributed by atoms with van der Waals surface area (Å²) in [5.41, 5.74) is 1.05. The van der Waals surface area contributed by atoms with E-state index in [1.807, 2.05) is 6.92 Å². The molecule has 5 heteroatoms. The standard InChI is InChI=1S/C13H14N2O3/c1-7(8-5-6-8)15-11-9(12(16)17)3-2-4-10(11)14-13(15)18/h2-4,7-8H,5-6H2,1H3,(H,14,18)(H,16,17). The number of nitrogens with zero attached hydrogens (tertiary/aromatic N) is 1. The van der Waals surface area contributed by atoms with E-state index in [0.717, 1.165) is 12.8 Å². The molecule has 1 saturated carbocycles. The van der Waals surface area contributed by atoms with Crippen molar-refractivity contribution in [2.45, 2.75) is 25.8 Å². The van der Waals surface area contributed by atoms with Crippen LogP contribution in [0.1, 0.15) is 36.2 Å². The fraction of sp³-hybridized carbons (Fsp3) is 0.385. The van der Waals surface area contributed by atoms with Gasteiger partial charge in [-0.05, 0) is 37.8 Å². The van der Waals surface area contributed by atoms with Gasteiger partial charge in [0, 0.05) is 6.04 Å². The Kier molecular flexibility index (Phi) is 2.29. The van der Waals surface area contributed by atoms with Crippen LogP contribution in [0.5, 0.6) is 0 Å². The number of hydrogen-bond donors (Lipinski definition) is 2. The van der Waals surface area contributed by atoms with Gasteiger partial charge in [-0.1, -0.05) is 6.07 Å². The van der Waals surface area contributed by atoms with Crippen molar-refractivity contribution < 1.29 is 9.90 Å². The van der Waals surface area contributed by atoms with E-state index in [2.05, 4.69) is 4.98 Å². The number of carboxylic acid groups (broad SMARTS) is 1. The van der Waals surface area contributed by atoms with Crippen LogP contribution >= 0.6 is 0 Å². The third-order valence-corrected chi connectivity index (χ3v) is 3.68. The Morgan fingerprint density at radius 3 is 2.83 bits per heavy atom. The Balaban J connectivity index is 2.32. The molecule has 0 bridgehead atoms.